The molecule has 2 nitrogen and oxygen atoms in total. The van der Waals surface area contributed by atoms with Crippen molar-refractivity contribution < 1.29 is 4.79 Å². The van der Waals surface area contributed by atoms with Crippen molar-refractivity contribution in [2.45, 2.75) is 19.3 Å². The third-order valence-corrected chi connectivity index (χ3v) is 3.42. The third-order valence-electron chi connectivity index (χ3n) is 2.85. The summed E-state index contributed by atoms with van der Waals surface area (Å²) in [7, 11) is 0. The Morgan fingerprint density at radius 3 is 2.12 bits per heavy atom. The molecule has 1 fully saturated rings. The van der Waals surface area contributed by atoms with Crippen molar-refractivity contribution in [3.63, 3.8) is 0 Å². The van der Waals surface area contributed by atoms with Gasteiger partial charge in [-0.15, -0.1) is 0 Å². The van der Waals surface area contributed by atoms with E-state index in [-0.39, 0.29) is 0 Å². The van der Waals surface area contributed by atoms with Crippen molar-refractivity contribution in [3.8, 4) is 0 Å². The molecular weight excluding hydrogens is 245 g/mol. The molecule has 2 rings (SSSR count). The van der Waals surface area contributed by atoms with Crippen LogP contribution in [0.15, 0.2) is 12.1 Å². The van der Waals surface area contributed by atoms with Gasteiger partial charge in [-0.05, 0) is 31.4 Å². The van der Waals surface area contributed by atoms with E-state index >= 15 is 0 Å². The molecule has 0 N–H and O–H groups in total. The number of carbonyl (C=O) groups is 1. The van der Waals surface area contributed by atoms with Gasteiger partial charge in [0.15, 0.2) is 0 Å². The largest absolute Gasteiger partial charge is 0.369 e. The lowest BCUT2D eigenvalue weighted by molar-refractivity contribution is 0.112. The van der Waals surface area contributed by atoms with Gasteiger partial charge in [-0.25, -0.2) is 0 Å². The number of piperidine rings is 1. The smallest absolute Gasteiger partial charge is 0.150 e. The topological polar surface area (TPSA) is 20.3 Å². The van der Waals surface area contributed by atoms with Crippen LogP contribution in [0.3, 0.4) is 0 Å². The lowest BCUT2D eigenvalue weighted by atomic mass is 10.1. The van der Waals surface area contributed by atoms with Crippen LogP contribution >= 0.6 is 23.2 Å². The third kappa shape index (κ3) is 2.33. The first kappa shape index (κ1) is 11.7. The molecule has 0 spiro atoms. The van der Waals surface area contributed by atoms with E-state index in [4.69, 9.17) is 23.2 Å². The summed E-state index contributed by atoms with van der Waals surface area (Å²) in [4.78, 5) is 12.9. The molecule has 0 amide bonds. The van der Waals surface area contributed by atoms with Crippen LogP contribution in [-0.4, -0.2) is 19.4 Å². The molecule has 0 bridgehead atoms. The number of hydrogen-bond acceptors (Lipinski definition) is 2. The summed E-state index contributed by atoms with van der Waals surface area (Å²) in [5, 5.41) is 1.13. The molecule has 1 saturated heterocycles. The molecule has 1 aromatic carbocycles. The van der Waals surface area contributed by atoms with Crippen LogP contribution in [0.5, 0.6) is 0 Å². The highest BCUT2D eigenvalue weighted by molar-refractivity contribution is 6.39. The quantitative estimate of drug-likeness (QED) is 0.752. The molecule has 1 heterocycles. The molecule has 0 atom stereocenters. The summed E-state index contributed by atoms with van der Waals surface area (Å²) < 4.78 is 0. The van der Waals surface area contributed by atoms with Crippen molar-refractivity contribution in [2.24, 2.45) is 0 Å². The fraction of sp³-hybridized carbons (Fsp3) is 0.417. The fourth-order valence-electron chi connectivity index (χ4n) is 2.07. The van der Waals surface area contributed by atoms with E-state index in [9.17, 15) is 4.79 Å². The molecule has 1 aromatic rings. The van der Waals surface area contributed by atoms with Crippen LogP contribution in [0.1, 0.15) is 29.6 Å². The summed E-state index contributed by atoms with van der Waals surface area (Å²) in [6, 6.07) is 3.34. The number of anilines is 1. The maximum Gasteiger partial charge on any atom is 0.150 e. The van der Waals surface area contributed by atoms with Crippen molar-refractivity contribution in [1.29, 1.82) is 0 Å². The fourth-order valence-corrected chi connectivity index (χ4v) is 2.82. The maximum absolute atomic E-state index is 10.7. The molecule has 1 aliphatic heterocycles. The Morgan fingerprint density at radius 1 is 1.06 bits per heavy atom. The Bertz CT molecular complexity index is 377. The molecular formula is C12H13Cl2NO. The first-order valence-corrected chi connectivity index (χ1v) is 6.17. The van der Waals surface area contributed by atoms with Gasteiger partial charge in [0, 0.05) is 18.7 Å². The van der Waals surface area contributed by atoms with Crippen molar-refractivity contribution in [1.82, 2.24) is 0 Å². The van der Waals surface area contributed by atoms with E-state index in [0.29, 0.717) is 15.6 Å². The van der Waals surface area contributed by atoms with Crippen molar-refractivity contribution in [2.75, 3.05) is 18.0 Å². The van der Waals surface area contributed by atoms with Gasteiger partial charge in [0.25, 0.3) is 0 Å². The second kappa shape index (κ2) is 5.07. The van der Waals surface area contributed by atoms with Crippen LogP contribution < -0.4 is 4.90 Å². The van der Waals surface area contributed by atoms with Gasteiger partial charge in [0.05, 0.1) is 15.7 Å². The minimum Gasteiger partial charge on any atom is -0.369 e. The van der Waals surface area contributed by atoms with Gasteiger partial charge in [-0.1, -0.05) is 23.2 Å². The zero-order valence-electron chi connectivity index (χ0n) is 8.88. The number of rotatable bonds is 2. The van der Waals surface area contributed by atoms with E-state index in [0.717, 1.165) is 25.1 Å². The Kier molecular flexibility index (Phi) is 3.72. The molecule has 16 heavy (non-hydrogen) atoms. The average molecular weight is 258 g/mol. The number of benzene rings is 1. The van der Waals surface area contributed by atoms with Gasteiger partial charge >= 0.3 is 0 Å². The summed E-state index contributed by atoms with van der Waals surface area (Å²) >= 11 is 12.3. The average Bonchev–Trinajstić information content (AvgIpc) is 2.29. The lowest BCUT2D eigenvalue weighted by Gasteiger charge is -2.30. The standard InChI is InChI=1S/C12H13Cl2NO/c13-10-6-9(8-16)7-11(14)12(10)15-4-2-1-3-5-15/h6-8H,1-5H2. The van der Waals surface area contributed by atoms with E-state index in [1.54, 1.807) is 12.1 Å². The first-order valence-electron chi connectivity index (χ1n) is 5.41. The Balaban J connectivity index is 2.35. The number of halogens is 2. The summed E-state index contributed by atoms with van der Waals surface area (Å²) in [5.41, 5.74) is 1.39. The Morgan fingerprint density at radius 2 is 1.62 bits per heavy atom. The second-order valence-electron chi connectivity index (χ2n) is 4.00. The maximum atomic E-state index is 10.7. The Hall–Kier alpha value is -0.730. The van der Waals surface area contributed by atoms with Crippen LogP contribution in [0, 0.1) is 0 Å². The summed E-state index contributed by atoms with van der Waals surface area (Å²) in [6.45, 7) is 1.97. The van der Waals surface area contributed by atoms with E-state index < -0.39 is 0 Å². The predicted molar refractivity (Wildman–Crippen MR) is 67.9 cm³/mol. The van der Waals surface area contributed by atoms with Crippen molar-refractivity contribution >= 4 is 35.2 Å². The van der Waals surface area contributed by atoms with Crippen LogP contribution in [0.2, 0.25) is 10.0 Å². The monoisotopic (exact) mass is 257 g/mol. The zero-order valence-corrected chi connectivity index (χ0v) is 10.4. The SMILES string of the molecule is O=Cc1cc(Cl)c(N2CCCCC2)c(Cl)c1. The highest BCUT2D eigenvalue weighted by Crippen LogP contribution is 2.36. The van der Waals surface area contributed by atoms with Crippen molar-refractivity contribution in [3.05, 3.63) is 27.7 Å². The molecule has 1 aliphatic rings. The van der Waals surface area contributed by atoms with Gasteiger partial charge < -0.3 is 4.90 Å². The van der Waals surface area contributed by atoms with Crippen LogP contribution in [-0.2, 0) is 0 Å². The highest BCUT2D eigenvalue weighted by Gasteiger charge is 2.17. The number of nitrogens with zero attached hydrogens (tertiary/aromatic N) is 1. The van der Waals surface area contributed by atoms with E-state index in [1.807, 2.05) is 0 Å². The molecule has 86 valence electrons. The Labute approximate surface area is 105 Å². The number of carbonyl (C=O) groups excluding carboxylic acids is 1. The summed E-state index contributed by atoms with van der Waals surface area (Å²) in [6.07, 6.45) is 4.36. The molecule has 0 aliphatic carbocycles. The summed E-state index contributed by atoms with van der Waals surface area (Å²) in [5.74, 6) is 0. The molecule has 0 unspecified atom stereocenters. The minimum absolute atomic E-state index is 0.524. The van der Waals surface area contributed by atoms with E-state index in [1.165, 1.54) is 19.3 Å². The van der Waals surface area contributed by atoms with Gasteiger partial charge in [-0.3, -0.25) is 4.79 Å². The number of hydrogen-bond donors (Lipinski definition) is 0. The zero-order chi connectivity index (χ0) is 11.5. The number of aldehydes is 1. The second-order valence-corrected chi connectivity index (χ2v) is 4.81. The molecule has 0 aromatic heterocycles. The van der Waals surface area contributed by atoms with Gasteiger partial charge in [0.1, 0.15) is 6.29 Å². The lowest BCUT2D eigenvalue weighted by Crippen LogP contribution is -2.29. The highest BCUT2D eigenvalue weighted by atomic mass is 35.5. The predicted octanol–water partition coefficient (Wildman–Crippen LogP) is 3.80. The molecule has 4 heteroatoms. The molecule has 0 saturated carbocycles. The van der Waals surface area contributed by atoms with Crippen LogP contribution in [0.25, 0.3) is 0 Å². The van der Waals surface area contributed by atoms with Gasteiger partial charge in [-0.2, -0.15) is 0 Å². The van der Waals surface area contributed by atoms with E-state index in [2.05, 4.69) is 4.90 Å². The van der Waals surface area contributed by atoms with Crippen LogP contribution in [0.4, 0.5) is 5.69 Å². The first-order chi connectivity index (χ1) is 7.72. The minimum atomic E-state index is 0.524. The molecule has 0 radical (unpaired) electrons. The normalized spacial score (nSPS) is 16.2. The van der Waals surface area contributed by atoms with Gasteiger partial charge in [0.2, 0.25) is 0 Å².